The van der Waals surface area contributed by atoms with Crippen LogP contribution in [-0.2, 0) is 0 Å². The number of benzene rings is 2. The van der Waals surface area contributed by atoms with Gasteiger partial charge in [-0.05, 0) is 23.8 Å². The molecule has 0 aliphatic carbocycles. The van der Waals surface area contributed by atoms with Gasteiger partial charge in [-0.25, -0.2) is 0 Å². The third-order valence-electron chi connectivity index (χ3n) is 4.39. The molecule has 0 aromatic heterocycles. The van der Waals surface area contributed by atoms with Crippen LogP contribution in [-0.4, -0.2) is 29.6 Å². The average Bonchev–Trinajstić information content (AvgIpc) is 3.15. The summed E-state index contributed by atoms with van der Waals surface area (Å²) in [5.74, 6) is 2.15. The zero-order chi connectivity index (χ0) is 17.1. The van der Waals surface area contributed by atoms with Crippen LogP contribution in [0.15, 0.2) is 78.0 Å². The summed E-state index contributed by atoms with van der Waals surface area (Å²) in [6.45, 7) is 1.56. The molecule has 4 heteroatoms. The van der Waals surface area contributed by atoms with Crippen molar-refractivity contribution in [2.24, 2.45) is 0 Å². The summed E-state index contributed by atoms with van der Waals surface area (Å²) < 4.78 is 5.64. The van der Waals surface area contributed by atoms with E-state index in [2.05, 4.69) is 35.2 Å². The van der Waals surface area contributed by atoms with Gasteiger partial charge in [0, 0.05) is 47.2 Å². The monoisotopic (exact) mass is 349 g/mol. The molecule has 0 bridgehead atoms. The minimum absolute atomic E-state index is 0.00136. The lowest BCUT2D eigenvalue weighted by atomic mass is 10.0. The Hall–Kier alpha value is -2.46. The number of fused-ring (bicyclic) bond motifs is 1. The highest BCUT2D eigenvalue weighted by Crippen LogP contribution is 2.33. The standard InChI is InChI=1S/C21H19NO2S/c23-19(17-6-7-21-20(14-17)24-12-13-25-21)9-11-22-10-8-18(15-22)16-4-2-1-3-5-16/h1-11,14,18H,12-13,15H2/b11-9+. The lowest BCUT2D eigenvalue weighted by molar-refractivity contribution is 0.104. The van der Waals surface area contributed by atoms with Crippen LogP contribution < -0.4 is 4.74 Å². The summed E-state index contributed by atoms with van der Waals surface area (Å²) in [5.41, 5.74) is 1.96. The highest BCUT2D eigenvalue weighted by Gasteiger charge is 2.17. The molecule has 0 fully saturated rings. The van der Waals surface area contributed by atoms with Gasteiger partial charge in [-0.1, -0.05) is 36.4 Å². The second-order valence-electron chi connectivity index (χ2n) is 6.09. The van der Waals surface area contributed by atoms with E-state index in [0.29, 0.717) is 18.1 Å². The molecule has 0 N–H and O–H groups in total. The average molecular weight is 349 g/mol. The maximum absolute atomic E-state index is 12.4. The molecule has 0 saturated carbocycles. The largest absolute Gasteiger partial charge is 0.492 e. The number of ketones is 1. The second-order valence-corrected chi connectivity index (χ2v) is 7.23. The third-order valence-corrected chi connectivity index (χ3v) is 5.41. The van der Waals surface area contributed by atoms with Crippen molar-refractivity contribution in [1.82, 2.24) is 4.90 Å². The lowest BCUT2D eigenvalue weighted by Gasteiger charge is -2.17. The van der Waals surface area contributed by atoms with E-state index in [1.54, 1.807) is 17.8 Å². The van der Waals surface area contributed by atoms with E-state index in [0.717, 1.165) is 22.9 Å². The maximum Gasteiger partial charge on any atom is 0.187 e. The molecule has 2 aliphatic rings. The Balaban J connectivity index is 1.41. The Morgan fingerprint density at radius 1 is 1.20 bits per heavy atom. The van der Waals surface area contributed by atoms with Crippen molar-refractivity contribution in [2.75, 3.05) is 18.9 Å². The first kappa shape index (κ1) is 16.0. The van der Waals surface area contributed by atoms with Gasteiger partial charge in [0.2, 0.25) is 0 Å². The Morgan fingerprint density at radius 3 is 2.96 bits per heavy atom. The fourth-order valence-corrected chi connectivity index (χ4v) is 3.86. The van der Waals surface area contributed by atoms with E-state index in [1.165, 1.54) is 5.56 Å². The normalized spacial score (nSPS) is 19.0. The van der Waals surface area contributed by atoms with E-state index < -0.39 is 0 Å². The molecule has 2 aromatic carbocycles. The van der Waals surface area contributed by atoms with Crippen molar-refractivity contribution in [3.63, 3.8) is 0 Å². The molecule has 2 aliphatic heterocycles. The van der Waals surface area contributed by atoms with E-state index in [9.17, 15) is 4.79 Å². The number of thioether (sulfide) groups is 1. The van der Waals surface area contributed by atoms with Crippen molar-refractivity contribution < 1.29 is 9.53 Å². The number of carbonyl (C=O) groups excluding carboxylic acids is 1. The molecule has 2 aromatic rings. The highest BCUT2D eigenvalue weighted by molar-refractivity contribution is 7.99. The van der Waals surface area contributed by atoms with Crippen LogP contribution in [0.4, 0.5) is 0 Å². The first-order chi connectivity index (χ1) is 12.3. The summed E-state index contributed by atoms with van der Waals surface area (Å²) >= 11 is 1.77. The molecule has 1 atom stereocenters. The SMILES string of the molecule is O=C(/C=C/N1C=CC(c2ccccc2)C1)c1ccc2c(c1)OCCS2. The van der Waals surface area contributed by atoms with Gasteiger partial charge < -0.3 is 9.64 Å². The molecule has 4 rings (SSSR count). The summed E-state index contributed by atoms with van der Waals surface area (Å²) in [5, 5.41) is 0. The first-order valence-electron chi connectivity index (χ1n) is 8.41. The summed E-state index contributed by atoms with van der Waals surface area (Å²) in [4.78, 5) is 15.6. The number of rotatable bonds is 4. The first-order valence-corrected chi connectivity index (χ1v) is 9.39. The number of ether oxygens (including phenoxy) is 1. The zero-order valence-corrected chi connectivity index (χ0v) is 14.6. The van der Waals surface area contributed by atoms with Crippen LogP contribution >= 0.6 is 11.8 Å². The summed E-state index contributed by atoms with van der Waals surface area (Å²) in [6, 6.07) is 16.1. The van der Waals surface area contributed by atoms with Crippen LogP contribution in [0, 0.1) is 0 Å². The number of nitrogens with zero attached hydrogens (tertiary/aromatic N) is 1. The van der Waals surface area contributed by atoms with E-state index in [4.69, 9.17) is 4.74 Å². The van der Waals surface area contributed by atoms with Crippen molar-refractivity contribution >= 4 is 17.5 Å². The molecule has 0 radical (unpaired) electrons. The van der Waals surface area contributed by atoms with Crippen LogP contribution in [0.2, 0.25) is 0 Å². The minimum atomic E-state index is -0.00136. The quantitative estimate of drug-likeness (QED) is 0.601. The predicted molar refractivity (Wildman–Crippen MR) is 101 cm³/mol. The smallest absolute Gasteiger partial charge is 0.187 e. The van der Waals surface area contributed by atoms with Gasteiger partial charge in [0.15, 0.2) is 5.78 Å². The van der Waals surface area contributed by atoms with Crippen molar-refractivity contribution in [2.45, 2.75) is 10.8 Å². The number of hydrogen-bond acceptors (Lipinski definition) is 4. The van der Waals surface area contributed by atoms with Gasteiger partial charge in [-0.3, -0.25) is 4.79 Å². The van der Waals surface area contributed by atoms with Crippen LogP contribution in [0.3, 0.4) is 0 Å². The van der Waals surface area contributed by atoms with Gasteiger partial charge in [0.05, 0.1) is 6.61 Å². The molecular weight excluding hydrogens is 330 g/mol. The van der Waals surface area contributed by atoms with Crippen molar-refractivity contribution in [3.8, 4) is 5.75 Å². The van der Waals surface area contributed by atoms with Gasteiger partial charge >= 0.3 is 0 Å². The fraction of sp³-hybridized carbons (Fsp3) is 0.190. The van der Waals surface area contributed by atoms with Gasteiger partial charge in [-0.2, -0.15) is 0 Å². The highest BCUT2D eigenvalue weighted by atomic mass is 32.2. The van der Waals surface area contributed by atoms with Crippen LogP contribution in [0.25, 0.3) is 0 Å². The molecule has 3 nitrogen and oxygen atoms in total. The molecule has 0 spiro atoms. The third kappa shape index (κ3) is 3.64. The molecule has 126 valence electrons. The molecule has 0 saturated heterocycles. The van der Waals surface area contributed by atoms with Crippen molar-refractivity contribution in [1.29, 1.82) is 0 Å². The molecule has 25 heavy (non-hydrogen) atoms. The second kappa shape index (κ2) is 7.19. The number of carbonyl (C=O) groups is 1. The Bertz CT molecular complexity index is 829. The fourth-order valence-electron chi connectivity index (χ4n) is 3.05. The van der Waals surface area contributed by atoms with Gasteiger partial charge in [-0.15, -0.1) is 11.8 Å². The molecular formula is C21H19NO2S. The van der Waals surface area contributed by atoms with Crippen LogP contribution in [0.1, 0.15) is 21.8 Å². The van der Waals surface area contributed by atoms with Crippen LogP contribution in [0.5, 0.6) is 5.75 Å². The zero-order valence-electron chi connectivity index (χ0n) is 13.8. The van der Waals surface area contributed by atoms with Gasteiger partial charge in [0.25, 0.3) is 0 Å². The van der Waals surface area contributed by atoms with E-state index in [-0.39, 0.29) is 5.78 Å². The Labute approximate surface area is 152 Å². The minimum Gasteiger partial charge on any atom is -0.492 e. The Morgan fingerprint density at radius 2 is 2.08 bits per heavy atom. The van der Waals surface area contributed by atoms with E-state index in [1.807, 2.05) is 36.7 Å². The van der Waals surface area contributed by atoms with Gasteiger partial charge in [0.1, 0.15) is 5.75 Å². The Kier molecular flexibility index (Phi) is 4.61. The molecule has 0 amide bonds. The molecule has 1 unspecified atom stereocenters. The number of allylic oxidation sites excluding steroid dienone is 1. The van der Waals surface area contributed by atoms with E-state index >= 15 is 0 Å². The summed E-state index contributed by atoms with van der Waals surface area (Å²) in [7, 11) is 0. The van der Waals surface area contributed by atoms with Crippen molar-refractivity contribution in [3.05, 3.63) is 84.2 Å². The lowest BCUT2D eigenvalue weighted by Crippen LogP contribution is -2.11. The number of hydrogen-bond donors (Lipinski definition) is 0. The topological polar surface area (TPSA) is 29.5 Å². The predicted octanol–water partition coefficient (Wildman–Crippen LogP) is 4.48. The maximum atomic E-state index is 12.4. The molecule has 2 heterocycles. The summed E-state index contributed by atoms with van der Waals surface area (Å²) in [6.07, 6.45) is 7.70.